The normalized spacial score (nSPS) is 12.7. The molecule has 0 unspecified atom stereocenters. The van der Waals surface area contributed by atoms with E-state index in [1.54, 1.807) is 38.1 Å². The van der Waals surface area contributed by atoms with Gasteiger partial charge in [0.25, 0.3) is 5.56 Å². The molecule has 2 N–H and O–H groups in total. The average Bonchev–Trinajstić information content (AvgIpc) is 2.71. The molecule has 1 aromatic heterocycles. The number of hydrogen-bond donors (Lipinski definition) is 2. The number of hydrogen-bond acceptors (Lipinski definition) is 5. The predicted molar refractivity (Wildman–Crippen MR) is 124 cm³/mol. The zero-order valence-corrected chi connectivity index (χ0v) is 19.9. The summed E-state index contributed by atoms with van der Waals surface area (Å²) in [5.41, 5.74) is 3.30. The first-order chi connectivity index (χ1) is 14.9. The lowest BCUT2D eigenvalue weighted by Gasteiger charge is -2.23. The van der Waals surface area contributed by atoms with E-state index in [1.165, 1.54) is 18.9 Å². The Bertz CT molecular complexity index is 1340. The van der Waals surface area contributed by atoms with Crippen LogP contribution in [0.3, 0.4) is 0 Å². The molecule has 0 aliphatic rings. The molecule has 0 aliphatic heterocycles. The van der Waals surface area contributed by atoms with Gasteiger partial charge in [-0.25, -0.2) is 13.4 Å². The first kappa shape index (κ1) is 23.6. The quantitative estimate of drug-likeness (QED) is 0.592. The SMILES string of the molecule is Cc1cc(C)c(C)c(S(=O)(=O)N[C@@H](C)C(=O)N(C)Cc2nc3ccccc3c(=O)[nH]2)c1C. The molecule has 0 fully saturated rings. The van der Waals surface area contributed by atoms with E-state index in [-0.39, 0.29) is 17.0 Å². The molecule has 0 spiro atoms. The summed E-state index contributed by atoms with van der Waals surface area (Å²) < 4.78 is 28.8. The lowest BCUT2D eigenvalue weighted by atomic mass is 10.0. The van der Waals surface area contributed by atoms with E-state index in [2.05, 4.69) is 14.7 Å². The number of rotatable bonds is 6. The largest absolute Gasteiger partial charge is 0.337 e. The fraction of sp³-hybridized carbons (Fsp3) is 0.348. The monoisotopic (exact) mass is 456 g/mol. The van der Waals surface area contributed by atoms with Crippen LogP contribution in [0.4, 0.5) is 0 Å². The van der Waals surface area contributed by atoms with Gasteiger partial charge < -0.3 is 9.88 Å². The van der Waals surface area contributed by atoms with E-state index in [0.717, 1.165) is 11.1 Å². The van der Waals surface area contributed by atoms with Gasteiger partial charge in [-0.05, 0) is 69.0 Å². The van der Waals surface area contributed by atoms with Crippen LogP contribution in [0.25, 0.3) is 10.9 Å². The van der Waals surface area contributed by atoms with Crippen molar-refractivity contribution in [2.45, 2.75) is 52.1 Å². The number of aryl methyl sites for hydroxylation is 2. The maximum atomic E-state index is 13.1. The van der Waals surface area contributed by atoms with Crippen LogP contribution in [-0.2, 0) is 21.4 Å². The molecule has 1 atom stereocenters. The van der Waals surface area contributed by atoms with E-state index in [1.807, 2.05) is 19.9 Å². The number of aromatic nitrogens is 2. The van der Waals surface area contributed by atoms with Gasteiger partial charge in [-0.3, -0.25) is 9.59 Å². The Hall–Kier alpha value is -3.04. The van der Waals surface area contributed by atoms with Crippen LogP contribution in [0.5, 0.6) is 0 Å². The molecule has 2 aromatic carbocycles. The highest BCUT2D eigenvalue weighted by molar-refractivity contribution is 7.89. The van der Waals surface area contributed by atoms with Gasteiger partial charge in [0.2, 0.25) is 15.9 Å². The number of carbonyl (C=O) groups excluding carboxylic acids is 1. The molecule has 1 amide bonds. The van der Waals surface area contributed by atoms with Gasteiger partial charge in [0.15, 0.2) is 0 Å². The number of likely N-dealkylation sites (N-methyl/N-ethyl adjacent to an activating group) is 1. The van der Waals surface area contributed by atoms with Crippen LogP contribution in [0.1, 0.15) is 35.0 Å². The van der Waals surface area contributed by atoms with Crippen LogP contribution >= 0.6 is 0 Å². The van der Waals surface area contributed by atoms with Gasteiger partial charge in [0, 0.05) is 7.05 Å². The molecule has 170 valence electrons. The molecule has 0 bridgehead atoms. The standard InChI is InChI=1S/C23H28N4O4S/c1-13-11-14(2)16(4)21(15(13)3)32(30,31)26-17(5)23(29)27(6)12-20-24-19-10-8-7-9-18(19)22(28)25-20/h7-11,17,26H,12H2,1-6H3,(H,24,25,28)/t17-/m0/s1. The Morgan fingerprint density at radius 1 is 1.12 bits per heavy atom. The summed E-state index contributed by atoms with van der Waals surface area (Å²) in [6.45, 7) is 8.78. The second-order valence-electron chi connectivity index (χ2n) is 8.16. The number of nitrogens with one attached hydrogen (secondary N) is 2. The van der Waals surface area contributed by atoms with Crippen molar-refractivity contribution in [3.05, 3.63) is 68.8 Å². The van der Waals surface area contributed by atoms with Crippen molar-refractivity contribution in [2.24, 2.45) is 0 Å². The summed E-state index contributed by atoms with van der Waals surface area (Å²) in [6.07, 6.45) is 0. The summed E-state index contributed by atoms with van der Waals surface area (Å²) in [7, 11) is -2.39. The number of nitrogens with zero attached hydrogens (tertiary/aromatic N) is 2. The molecule has 0 saturated carbocycles. The topological polar surface area (TPSA) is 112 Å². The number of fused-ring (bicyclic) bond motifs is 1. The van der Waals surface area contributed by atoms with Gasteiger partial charge in [-0.15, -0.1) is 0 Å². The number of carbonyl (C=O) groups is 1. The van der Waals surface area contributed by atoms with Crippen molar-refractivity contribution in [1.29, 1.82) is 0 Å². The maximum absolute atomic E-state index is 13.1. The number of sulfonamides is 1. The fourth-order valence-corrected chi connectivity index (χ4v) is 5.58. The molecular formula is C23H28N4O4S. The second kappa shape index (κ2) is 8.84. The molecule has 1 heterocycles. The molecule has 3 aromatic rings. The highest BCUT2D eigenvalue weighted by Gasteiger charge is 2.28. The molecule has 9 heteroatoms. The molecule has 0 aliphatic carbocycles. The van der Waals surface area contributed by atoms with E-state index >= 15 is 0 Å². The minimum Gasteiger partial charge on any atom is -0.337 e. The third kappa shape index (κ3) is 4.58. The first-order valence-electron chi connectivity index (χ1n) is 10.2. The Balaban J connectivity index is 1.81. The van der Waals surface area contributed by atoms with Crippen LogP contribution in [0.15, 0.2) is 40.0 Å². The van der Waals surface area contributed by atoms with Crippen LogP contribution in [0.2, 0.25) is 0 Å². The van der Waals surface area contributed by atoms with Gasteiger partial charge in [-0.1, -0.05) is 18.2 Å². The Labute approximate surface area is 187 Å². The number of amides is 1. The minimum atomic E-state index is -3.92. The maximum Gasteiger partial charge on any atom is 0.258 e. The predicted octanol–water partition coefficient (Wildman–Crippen LogP) is 2.48. The molecule has 3 rings (SSSR count). The molecule has 32 heavy (non-hydrogen) atoms. The van der Waals surface area contributed by atoms with E-state index in [0.29, 0.717) is 27.9 Å². The minimum absolute atomic E-state index is 0.0343. The lowest BCUT2D eigenvalue weighted by Crippen LogP contribution is -2.45. The highest BCUT2D eigenvalue weighted by atomic mass is 32.2. The van der Waals surface area contributed by atoms with Crippen molar-refractivity contribution >= 4 is 26.8 Å². The lowest BCUT2D eigenvalue weighted by molar-refractivity contribution is -0.131. The number of para-hydroxylation sites is 1. The average molecular weight is 457 g/mol. The van der Waals surface area contributed by atoms with Gasteiger partial charge in [0.1, 0.15) is 5.82 Å². The molecule has 8 nitrogen and oxygen atoms in total. The van der Waals surface area contributed by atoms with Crippen LogP contribution < -0.4 is 10.3 Å². The van der Waals surface area contributed by atoms with E-state index in [4.69, 9.17) is 0 Å². The smallest absolute Gasteiger partial charge is 0.258 e. The summed E-state index contributed by atoms with van der Waals surface area (Å²) in [5, 5.41) is 0.463. The van der Waals surface area contributed by atoms with Crippen molar-refractivity contribution in [3.63, 3.8) is 0 Å². The number of H-pyrrole nitrogens is 1. The second-order valence-corrected chi connectivity index (χ2v) is 9.81. The van der Waals surface area contributed by atoms with Crippen molar-refractivity contribution in [3.8, 4) is 0 Å². The van der Waals surface area contributed by atoms with Gasteiger partial charge >= 0.3 is 0 Å². The zero-order valence-electron chi connectivity index (χ0n) is 19.1. The Morgan fingerprint density at radius 3 is 2.34 bits per heavy atom. The molecule has 0 saturated heterocycles. The first-order valence-corrected chi connectivity index (χ1v) is 11.7. The van der Waals surface area contributed by atoms with Crippen molar-refractivity contribution in [2.75, 3.05) is 7.05 Å². The van der Waals surface area contributed by atoms with E-state index < -0.39 is 22.0 Å². The van der Waals surface area contributed by atoms with Crippen LogP contribution in [0, 0.1) is 27.7 Å². The Morgan fingerprint density at radius 2 is 1.72 bits per heavy atom. The molecular weight excluding hydrogens is 428 g/mol. The van der Waals surface area contributed by atoms with E-state index in [9.17, 15) is 18.0 Å². The van der Waals surface area contributed by atoms with Gasteiger partial charge in [0.05, 0.1) is 28.4 Å². The fourth-order valence-electron chi connectivity index (χ4n) is 3.77. The van der Waals surface area contributed by atoms with Crippen LogP contribution in [-0.4, -0.2) is 42.3 Å². The summed E-state index contributed by atoms with van der Waals surface area (Å²) in [6, 6.07) is 7.87. The summed E-state index contributed by atoms with van der Waals surface area (Å²) in [4.78, 5) is 33.8. The number of benzene rings is 2. The van der Waals surface area contributed by atoms with Gasteiger partial charge in [-0.2, -0.15) is 4.72 Å². The molecule has 0 radical (unpaired) electrons. The van der Waals surface area contributed by atoms with Crippen molar-refractivity contribution < 1.29 is 13.2 Å². The highest BCUT2D eigenvalue weighted by Crippen LogP contribution is 2.26. The van der Waals surface area contributed by atoms with Crippen molar-refractivity contribution in [1.82, 2.24) is 19.6 Å². The third-order valence-electron chi connectivity index (χ3n) is 5.69. The Kier molecular flexibility index (Phi) is 6.52. The zero-order chi connectivity index (χ0) is 23.8. The number of aromatic amines is 1. The summed E-state index contributed by atoms with van der Waals surface area (Å²) >= 11 is 0. The third-order valence-corrected chi connectivity index (χ3v) is 7.51. The summed E-state index contributed by atoms with van der Waals surface area (Å²) in [5.74, 6) is -0.121.